The van der Waals surface area contributed by atoms with Crippen LogP contribution in [0.1, 0.15) is 31.4 Å². The highest BCUT2D eigenvalue weighted by molar-refractivity contribution is 5.81. The van der Waals surface area contributed by atoms with Gasteiger partial charge in [-0.05, 0) is 37.9 Å². The van der Waals surface area contributed by atoms with Gasteiger partial charge in [-0.2, -0.15) is 0 Å². The van der Waals surface area contributed by atoms with Gasteiger partial charge in [0.25, 0.3) is 0 Å². The lowest BCUT2D eigenvalue weighted by atomic mass is 10.0. The standard InChI is InChI=1S/C14H22N2O3/c17-14(13-6-1-2-7-15-13)16-8-4-9-18-11-12-5-3-10-19-12/h3,5,10,13,15H,1-2,4,6-9,11H2,(H,16,17)/t13-/m0/s1. The van der Waals surface area contributed by atoms with Crippen LogP contribution in [0.4, 0.5) is 0 Å². The summed E-state index contributed by atoms with van der Waals surface area (Å²) < 4.78 is 10.6. The smallest absolute Gasteiger partial charge is 0.237 e. The van der Waals surface area contributed by atoms with Crippen LogP contribution in [0.5, 0.6) is 0 Å². The lowest BCUT2D eigenvalue weighted by Crippen LogP contribution is -2.46. The van der Waals surface area contributed by atoms with Gasteiger partial charge in [0.05, 0.1) is 12.3 Å². The highest BCUT2D eigenvalue weighted by Gasteiger charge is 2.19. The summed E-state index contributed by atoms with van der Waals surface area (Å²) in [6.45, 7) is 2.73. The fourth-order valence-corrected chi connectivity index (χ4v) is 2.15. The maximum absolute atomic E-state index is 11.8. The van der Waals surface area contributed by atoms with Crippen molar-refractivity contribution in [3.8, 4) is 0 Å². The summed E-state index contributed by atoms with van der Waals surface area (Å²) >= 11 is 0. The first-order chi connectivity index (χ1) is 9.36. The normalized spacial score (nSPS) is 19.3. The Balaban J connectivity index is 1.48. The largest absolute Gasteiger partial charge is 0.467 e. The van der Waals surface area contributed by atoms with Crippen molar-refractivity contribution < 1.29 is 13.9 Å². The summed E-state index contributed by atoms with van der Waals surface area (Å²) in [6, 6.07) is 3.73. The SMILES string of the molecule is O=C(NCCCOCc1ccco1)[C@@H]1CCCCN1. The Labute approximate surface area is 113 Å². The molecule has 0 spiro atoms. The number of carbonyl (C=O) groups is 1. The van der Waals surface area contributed by atoms with E-state index < -0.39 is 0 Å². The van der Waals surface area contributed by atoms with Crippen molar-refractivity contribution >= 4 is 5.91 Å². The first-order valence-corrected chi connectivity index (χ1v) is 6.97. The molecule has 5 heteroatoms. The average molecular weight is 266 g/mol. The molecule has 1 aromatic heterocycles. The van der Waals surface area contributed by atoms with Gasteiger partial charge in [0.1, 0.15) is 12.4 Å². The Hall–Kier alpha value is -1.33. The van der Waals surface area contributed by atoms with Crippen molar-refractivity contribution in [1.29, 1.82) is 0 Å². The summed E-state index contributed by atoms with van der Waals surface area (Å²) in [5, 5.41) is 6.17. The first kappa shape index (κ1) is 14.1. The monoisotopic (exact) mass is 266 g/mol. The molecule has 5 nitrogen and oxygen atoms in total. The van der Waals surface area contributed by atoms with Crippen molar-refractivity contribution in [2.45, 2.75) is 38.3 Å². The van der Waals surface area contributed by atoms with Crippen LogP contribution in [0.2, 0.25) is 0 Å². The van der Waals surface area contributed by atoms with Crippen LogP contribution in [-0.4, -0.2) is 31.6 Å². The number of hydrogen-bond acceptors (Lipinski definition) is 4. The van der Waals surface area contributed by atoms with Crippen LogP contribution in [0.15, 0.2) is 22.8 Å². The van der Waals surface area contributed by atoms with Crippen LogP contribution < -0.4 is 10.6 Å². The first-order valence-electron chi connectivity index (χ1n) is 6.97. The van der Waals surface area contributed by atoms with Crippen LogP contribution in [0, 0.1) is 0 Å². The Morgan fingerprint density at radius 3 is 3.21 bits per heavy atom. The molecule has 106 valence electrons. The quantitative estimate of drug-likeness (QED) is 0.733. The number of furan rings is 1. The maximum atomic E-state index is 11.8. The van der Waals surface area contributed by atoms with Crippen molar-refractivity contribution in [3.63, 3.8) is 0 Å². The molecule has 1 amide bonds. The number of carbonyl (C=O) groups excluding carboxylic acids is 1. The molecule has 2 N–H and O–H groups in total. The van der Waals surface area contributed by atoms with Gasteiger partial charge in [-0.25, -0.2) is 0 Å². The zero-order valence-corrected chi connectivity index (χ0v) is 11.2. The minimum Gasteiger partial charge on any atom is -0.467 e. The molecule has 1 aliphatic rings. The van der Waals surface area contributed by atoms with Gasteiger partial charge < -0.3 is 19.8 Å². The summed E-state index contributed by atoms with van der Waals surface area (Å²) in [4.78, 5) is 11.8. The fourth-order valence-electron chi connectivity index (χ4n) is 2.15. The van der Waals surface area contributed by atoms with E-state index in [0.717, 1.165) is 31.6 Å². The van der Waals surface area contributed by atoms with Crippen molar-refractivity contribution in [1.82, 2.24) is 10.6 Å². The van der Waals surface area contributed by atoms with E-state index in [1.165, 1.54) is 6.42 Å². The van der Waals surface area contributed by atoms with Gasteiger partial charge in [0, 0.05) is 13.2 Å². The number of hydrogen-bond donors (Lipinski definition) is 2. The van der Waals surface area contributed by atoms with E-state index in [1.807, 2.05) is 12.1 Å². The molecule has 0 aromatic carbocycles. The Kier molecular flexibility index (Phi) is 5.91. The number of nitrogens with one attached hydrogen (secondary N) is 2. The van der Waals surface area contributed by atoms with E-state index in [2.05, 4.69) is 10.6 Å². The molecule has 2 rings (SSSR count). The van der Waals surface area contributed by atoms with Gasteiger partial charge in [-0.1, -0.05) is 6.42 Å². The molecule has 0 saturated carbocycles. The Bertz CT molecular complexity index is 359. The summed E-state index contributed by atoms with van der Waals surface area (Å²) in [5.74, 6) is 0.946. The maximum Gasteiger partial charge on any atom is 0.237 e. The predicted octanol–water partition coefficient (Wildman–Crippen LogP) is 1.44. The molecule has 1 aliphatic heterocycles. The molecule has 19 heavy (non-hydrogen) atoms. The second kappa shape index (κ2) is 7.96. The topological polar surface area (TPSA) is 63.5 Å². The lowest BCUT2D eigenvalue weighted by molar-refractivity contribution is -0.123. The van der Waals surface area contributed by atoms with Crippen LogP contribution in [0.3, 0.4) is 0 Å². The third-order valence-corrected chi connectivity index (χ3v) is 3.22. The number of ether oxygens (including phenoxy) is 1. The molecule has 1 aromatic rings. The molecule has 1 atom stereocenters. The highest BCUT2D eigenvalue weighted by atomic mass is 16.5. The molecule has 0 aliphatic carbocycles. The van der Waals surface area contributed by atoms with Crippen LogP contribution in [-0.2, 0) is 16.1 Å². The van der Waals surface area contributed by atoms with Crippen LogP contribution in [0.25, 0.3) is 0 Å². The van der Waals surface area contributed by atoms with E-state index in [9.17, 15) is 4.79 Å². The average Bonchev–Trinajstić information content (AvgIpc) is 2.96. The Morgan fingerprint density at radius 1 is 1.53 bits per heavy atom. The lowest BCUT2D eigenvalue weighted by Gasteiger charge is -2.22. The Morgan fingerprint density at radius 2 is 2.47 bits per heavy atom. The van der Waals surface area contributed by atoms with E-state index >= 15 is 0 Å². The zero-order valence-electron chi connectivity index (χ0n) is 11.2. The number of amides is 1. The second-order valence-electron chi connectivity index (χ2n) is 4.78. The van der Waals surface area contributed by atoms with Crippen molar-refractivity contribution in [2.24, 2.45) is 0 Å². The summed E-state index contributed by atoms with van der Waals surface area (Å²) in [6.07, 6.45) is 5.71. The second-order valence-corrected chi connectivity index (χ2v) is 4.78. The minimum atomic E-state index is -0.00205. The molecular formula is C14H22N2O3. The minimum absolute atomic E-state index is 0.00205. The molecular weight excluding hydrogens is 244 g/mol. The van der Waals surface area contributed by atoms with E-state index in [-0.39, 0.29) is 11.9 Å². The van der Waals surface area contributed by atoms with E-state index in [1.54, 1.807) is 6.26 Å². The van der Waals surface area contributed by atoms with Gasteiger partial charge in [-0.15, -0.1) is 0 Å². The van der Waals surface area contributed by atoms with Crippen molar-refractivity contribution in [2.75, 3.05) is 19.7 Å². The molecule has 1 saturated heterocycles. The van der Waals surface area contributed by atoms with E-state index in [0.29, 0.717) is 19.8 Å². The zero-order chi connectivity index (χ0) is 13.3. The predicted molar refractivity (Wildman–Crippen MR) is 71.6 cm³/mol. The molecule has 0 bridgehead atoms. The highest BCUT2D eigenvalue weighted by Crippen LogP contribution is 2.06. The summed E-state index contributed by atoms with van der Waals surface area (Å²) in [7, 11) is 0. The summed E-state index contributed by atoms with van der Waals surface area (Å²) in [5.41, 5.74) is 0. The van der Waals surface area contributed by atoms with Gasteiger partial charge >= 0.3 is 0 Å². The molecule has 1 fully saturated rings. The molecule has 0 unspecified atom stereocenters. The van der Waals surface area contributed by atoms with Crippen LogP contribution >= 0.6 is 0 Å². The van der Waals surface area contributed by atoms with Gasteiger partial charge in [0.15, 0.2) is 0 Å². The number of piperidine rings is 1. The molecule has 0 radical (unpaired) electrons. The van der Waals surface area contributed by atoms with Gasteiger partial charge in [-0.3, -0.25) is 4.79 Å². The van der Waals surface area contributed by atoms with E-state index in [4.69, 9.17) is 9.15 Å². The number of rotatable bonds is 7. The van der Waals surface area contributed by atoms with Crippen molar-refractivity contribution in [3.05, 3.63) is 24.2 Å². The third-order valence-electron chi connectivity index (χ3n) is 3.22. The third kappa shape index (κ3) is 5.04. The molecule has 2 heterocycles. The van der Waals surface area contributed by atoms with Gasteiger partial charge in [0.2, 0.25) is 5.91 Å². The fraction of sp³-hybridized carbons (Fsp3) is 0.643.